The van der Waals surface area contributed by atoms with Gasteiger partial charge in [-0.3, -0.25) is 4.79 Å². The Kier molecular flexibility index (Phi) is 6.87. The summed E-state index contributed by atoms with van der Waals surface area (Å²) in [7, 11) is 6.07. The van der Waals surface area contributed by atoms with Gasteiger partial charge in [-0.05, 0) is 67.4 Å². The van der Waals surface area contributed by atoms with Crippen molar-refractivity contribution >= 4 is 16.7 Å². The Hall–Kier alpha value is -4.46. The summed E-state index contributed by atoms with van der Waals surface area (Å²) in [6.07, 6.45) is 0. The van der Waals surface area contributed by atoms with E-state index in [1.807, 2.05) is 0 Å². The molecular weight excluding hydrogens is 464 g/mol. The van der Waals surface area contributed by atoms with Gasteiger partial charge in [0.15, 0.2) is 28.4 Å². The zero-order chi connectivity index (χ0) is 26.0. The van der Waals surface area contributed by atoms with Crippen molar-refractivity contribution in [1.82, 2.24) is 0 Å². The van der Waals surface area contributed by atoms with Crippen LogP contribution >= 0.6 is 0 Å². The number of benzene rings is 2. The smallest absolute Gasteiger partial charge is 0.343 e. The third-order valence-electron chi connectivity index (χ3n) is 5.87. The number of rotatable bonds is 7. The van der Waals surface area contributed by atoms with Gasteiger partial charge in [0, 0.05) is 0 Å². The van der Waals surface area contributed by atoms with Crippen LogP contribution in [-0.4, -0.2) is 34.4 Å². The molecule has 0 saturated heterocycles. The highest BCUT2D eigenvalue weighted by atomic mass is 16.5. The summed E-state index contributed by atoms with van der Waals surface area (Å²) in [6.45, 7) is 3.42. The number of ether oxygens (including phenoxy) is 5. The van der Waals surface area contributed by atoms with Gasteiger partial charge in [0.05, 0.1) is 44.8 Å². The molecule has 36 heavy (non-hydrogen) atoms. The minimum atomic E-state index is -0.632. The Bertz CT molecular complexity index is 1520. The van der Waals surface area contributed by atoms with Gasteiger partial charge < -0.3 is 28.1 Å². The summed E-state index contributed by atoms with van der Waals surface area (Å²) < 4.78 is 32.9. The van der Waals surface area contributed by atoms with Crippen molar-refractivity contribution in [1.29, 1.82) is 0 Å². The molecule has 1 heterocycles. The van der Waals surface area contributed by atoms with Crippen LogP contribution in [0.2, 0.25) is 0 Å². The molecule has 0 spiro atoms. The van der Waals surface area contributed by atoms with Crippen molar-refractivity contribution in [3.05, 3.63) is 75.8 Å². The van der Waals surface area contributed by atoms with Crippen LogP contribution in [0.4, 0.5) is 0 Å². The van der Waals surface area contributed by atoms with Crippen LogP contribution in [0.1, 0.15) is 21.9 Å². The standard InChI is InChI=1S/C28H26O8/c1-15-26-20(29)11-19(17-7-9-21(31-3)23(12-17)33-5)14-25(27(26)16(2)35-15)36-28(30)18-8-10-22(32-4)24(13-18)34-6/h7-14H,1-6H3. The van der Waals surface area contributed by atoms with Crippen molar-refractivity contribution in [3.63, 3.8) is 0 Å². The average Bonchev–Trinajstić information content (AvgIpc) is 3.10. The Labute approximate surface area is 207 Å². The predicted octanol–water partition coefficient (Wildman–Crippen LogP) is 5.33. The van der Waals surface area contributed by atoms with E-state index in [2.05, 4.69) is 0 Å². The zero-order valence-electron chi connectivity index (χ0n) is 20.9. The van der Waals surface area contributed by atoms with Crippen LogP contribution in [0.3, 0.4) is 0 Å². The third-order valence-corrected chi connectivity index (χ3v) is 5.87. The first-order chi connectivity index (χ1) is 17.3. The number of hydrogen-bond donors (Lipinski definition) is 0. The summed E-state index contributed by atoms with van der Waals surface area (Å²) in [5.74, 6) is 2.37. The lowest BCUT2D eigenvalue weighted by Crippen LogP contribution is -2.09. The number of carbonyl (C=O) groups is 1. The molecule has 0 aliphatic rings. The molecule has 4 rings (SSSR count). The zero-order valence-corrected chi connectivity index (χ0v) is 20.9. The highest BCUT2D eigenvalue weighted by Gasteiger charge is 2.20. The van der Waals surface area contributed by atoms with Crippen LogP contribution in [-0.2, 0) is 0 Å². The number of esters is 1. The highest BCUT2D eigenvalue weighted by Crippen LogP contribution is 2.37. The fourth-order valence-corrected chi connectivity index (χ4v) is 4.13. The predicted molar refractivity (Wildman–Crippen MR) is 135 cm³/mol. The molecule has 8 nitrogen and oxygen atoms in total. The van der Waals surface area contributed by atoms with Gasteiger partial charge in [0.25, 0.3) is 0 Å². The molecular formula is C28H26O8. The van der Waals surface area contributed by atoms with E-state index in [0.29, 0.717) is 56.4 Å². The molecule has 0 fully saturated rings. The average molecular weight is 491 g/mol. The van der Waals surface area contributed by atoms with E-state index in [0.717, 1.165) is 0 Å². The maximum absolute atomic E-state index is 13.3. The monoisotopic (exact) mass is 490 g/mol. The van der Waals surface area contributed by atoms with Gasteiger partial charge >= 0.3 is 5.97 Å². The number of furan rings is 1. The normalized spacial score (nSPS) is 10.7. The minimum absolute atomic E-state index is 0.186. The Balaban J connectivity index is 1.90. The number of methoxy groups -OCH3 is 4. The van der Waals surface area contributed by atoms with Crippen molar-refractivity contribution in [2.24, 2.45) is 0 Å². The van der Waals surface area contributed by atoms with E-state index in [1.54, 1.807) is 57.4 Å². The second-order valence-electron chi connectivity index (χ2n) is 7.97. The molecule has 1 aromatic heterocycles. The third kappa shape index (κ3) is 4.45. The lowest BCUT2D eigenvalue weighted by Gasteiger charge is -2.11. The number of carbonyl (C=O) groups excluding carboxylic acids is 1. The number of fused-ring (bicyclic) bond motifs is 1. The molecule has 0 saturated carbocycles. The van der Waals surface area contributed by atoms with Crippen LogP contribution < -0.4 is 29.1 Å². The molecule has 4 aromatic rings. The van der Waals surface area contributed by atoms with Crippen molar-refractivity contribution in [2.45, 2.75) is 13.8 Å². The summed E-state index contributed by atoms with van der Waals surface area (Å²) in [6, 6.07) is 13.1. The summed E-state index contributed by atoms with van der Waals surface area (Å²) in [5.41, 5.74) is 1.20. The van der Waals surface area contributed by atoms with Crippen LogP contribution in [0, 0.1) is 13.8 Å². The molecule has 0 aliphatic carbocycles. The van der Waals surface area contributed by atoms with Crippen molar-refractivity contribution in [3.8, 4) is 39.9 Å². The molecule has 0 N–H and O–H groups in total. The largest absolute Gasteiger partial charge is 0.493 e. The van der Waals surface area contributed by atoms with Gasteiger partial charge in [0.1, 0.15) is 17.3 Å². The first-order valence-corrected chi connectivity index (χ1v) is 11.1. The Morgan fingerprint density at radius 2 is 1.19 bits per heavy atom. The number of aryl methyl sites for hydroxylation is 2. The van der Waals surface area contributed by atoms with Crippen LogP contribution in [0.5, 0.6) is 28.7 Å². The Morgan fingerprint density at radius 1 is 0.639 bits per heavy atom. The van der Waals surface area contributed by atoms with E-state index in [1.165, 1.54) is 33.5 Å². The Morgan fingerprint density at radius 3 is 1.83 bits per heavy atom. The molecule has 186 valence electrons. The first kappa shape index (κ1) is 24.7. The SMILES string of the molecule is COc1ccc(C(=O)Oc2cc(-c3ccc(OC)c(OC)c3)cc(=O)c3c(C)oc(C)c23)cc1OC. The lowest BCUT2D eigenvalue weighted by atomic mass is 10.1. The molecule has 0 amide bonds. The maximum Gasteiger partial charge on any atom is 0.343 e. The van der Waals surface area contributed by atoms with E-state index in [9.17, 15) is 9.59 Å². The van der Waals surface area contributed by atoms with Gasteiger partial charge in [-0.15, -0.1) is 0 Å². The van der Waals surface area contributed by atoms with Crippen molar-refractivity contribution < 1.29 is 32.9 Å². The van der Waals surface area contributed by atoms with Crippen LogP contribution in [0.15, 0.2) is 57.7 Å². The summed E-state index contributed by atoms with van der Waals surface area (Å²) >= 11 is 0. The van der Waals surface area contributed by atoms with Crippen LogP contribution in [0.25, 0.3) is 21.9 Å². The van der Waals surface area contributed by atoms with E-state index >= 15 is 0 Å². The lowest BCUT2D eigenvalue weighted by molar-refractivity contribution is 0.0736. The summed E-state index contributed by atoms with van der Waals surface area (Å²) in [4.78, 5) is 26.5. The molecule has 0 unspecified atom stereocenters. The molecule has 3 aromatic carbocycles. The second-order valence-corrected chi connectivity index (χ2v) is 7.97. The van der Waals surface area contributed by atoms with Gasteiger partial charge in [-0.1, -0.05) is 6.07 Å². The van der Waals surface area contributed by atoms with Gasteiger partial charge in [0.2, 0.25) is 0 Å². The molecule has 0 aliphatic heterocycles. The first-order valence-electron chi connectivity index (χ1n) is 11.1. The molecule has 0 radical (unpaired) electrons. The number of hydrogen-bond acceptors (Lipinski definition) is 8. The molecule has 0 atom stereocenters. The highest BCUT2D eigenvalue weighted by molar-refractivity contribution is 5.98. The van der Waals surface area contributed by atoms with E-state index < -0.39 is 5.97 Å². The fraction of sp³-hybridized carbons (Fsp3) is 0.214. The quantitative estimate of drug-likeness (QED) is 0.321. The van der Waals surface area contributed by atoms with Gasteiger partial charge in [-0.2, -0.15) is 0 Å². The second kappa shape index (κ2) is 10.0. The molecule has 8 heteroatoms. The topological polar surface area (TPSA) is 93.4 Å². The van der Waals surface area contributed by atoms with E-state index in [-0.39, 0.29) is 16.7 Å². The fourth-order valence-electron chi connectivity index (χ4n) is 4.13. The molecule has 0 bridgehead atoms. The van der Waals surface area contributed by atoms with Crippen molar-refractivity contribution in [2.75, 3.05) is 28.4 Å². The minimum Gasteiger partial charge on any atom is -0.493 e. The summed E-state index contributed by atoms with van der Waals surface area (Å²) in [5, 5.41) is 0.771. The van der Waals surface area contributed by atoms with Gasteiger partial charge in [-0.25, -0.2) is 4.79 Å². The van der Waals surface area contributed by atoms with E-state index in [4.69, 9.17) is 28.1 Å². The maximum atomic E-state index is 13.3.